The Kier molecular flexibility index (Phi) is 26.0. The summed E-state index contributed by atoms with van der Waals surface area (Å²) in [4.78, 5) is 10.3. The van der Waals surface area contributed by atoms with Crippen molar-refractivity contribution in [3.05, 3.63) is 35.9 Å². The van der Waals surface area contributed by atoms with Crippen LogP contribution in [0.2, 0.25) is 0 Å². The van der Waals surface area contributed by atoms with E-state index in [-0.39, 0.29) is 13.2 Å². The first-order chi connectivity index (χ1) is 23.7. The zero-order chi connectivity index (χ0) is 35.3. The third-order valence-corrected chi connectivity index (χ3v) is 10.9. The van der Waals surface area contributed by atoms with Crippen LogP contribution in [0.5, 0.6) is 0 Å². The predicted molar refractivity (Wildman–Crippen MR) is 205 cm³/mol. The summed E-state index contributed by atoms with van der Waals surface area (Å²) in [7, 11) is 2.59. The first kappa shape index (κ1) is 44.4. The summed E-state index contributed by atoms with van der Waals surface area (Å²) in [6, 6.07) is 9.93. The van der Waals surface area contributed by atoms with Gasteiger partial charge in [-0.05, 0) is 37.2 Å². The van der Waals surface area contributed by atoms with Crippen molar-refractivity contribution in [1.29, 1.82) is 0 Å². The molecule has 2 atom stereocenters. The van der Waals surface area contributed by atoms with Gasteiger partial charge >= 0.3 is 7.82 Å². The van der Waals surface area contributed by atoms with Crippen LogP contribution in [0.25, 0.3) is 0 Å². The van der Waals surface area contributed by atoms with Crippen LogP contribution >= 0.6 is 7.82 Å². The lowest BCUT2D eigenvalue weighted by Crippen LogP contribution is -2.35. The van der Waals surface area contributed by atoms with Crippen molar-refractivity contribution in [2.45, 2.75) is 167 Å². The fraction of sp³-hybridized carbons (Fsp3) is 0.854. The number of rotatable bonds is 33. The normalized spacial score (nSPS) is 16.2. The molecule has 2 rings (SSSR count). The van der Waals surface area contributed by atoms with Crippen molar-refractivity contribution in [2.24, 2.45) is 5.92 Å². The molecule has 0 spiro atoms. The summed E-state index contributed by atoms with van der Waals surface area (Å²) in [6.45, 7) is 2.79. The van der Waals surface area contributed by atoms with Crippen molar-refractivity contribution in [1.82, 2.24) is 0 Å². The molecule has 0 radical (unpaired) electrons. The van der Waals surface area contributed by atoms with E-state index >= 15 is 0 Å². The number of hydrogen-bond acceptors (Lipinski definition) is 5. The Hall–Kier alpha value is -0.790. The smallest absolute Gasteiger partial charge is 0.379 e. The van der Waals surface area contributed by atoms with Crippen LogP contribution in [-0.4, -0.2) is 69.6 Å². The maximum atomic E-state index is 12.6. The molecular weight excluding hydrogens is 633 g/mol. The molecule has 0 heterocycles. The zero-order valence-corrected chi connectivity index (χ0v) is 33.0. The largest absolute Gasteiger partial charge is 0.472 e. The van der Waals surface area contributed by atoms with Crippen molar-refractivity contribution >= 4 is 7.82 Å². The van der Waals surface area contributed by atoms with E-state index in [4.69, 9.17) is 18.5 Å². The Bertz CT molecular complexity index is 920. The summed E-state index contributed by atoms with van der Waals surface area (Å²) < 4.78 is 36.2. The molecule has 8 heteroatoms. The molecule has 49 heavy (non-hydrogen) atoms. The molecule has 1 aromatic rings. The van der Waals surface area contributed by atoms with Gasteiger partial charge in [0.1, 0.15) is 6.10 Å². The second kappa shape index (κ2) is 28.8. The molecule has 1 saturated carbocycles. The molecule has 0 aromatic heterocycles. The number of unbranched alkanes of at least 4 members (excludes halogenated alkanes) is 16. The maximum Gasteiger partial charge on any atom is 0.472 e. The summed E-state index contributed by atoms with van der Waals surface area (Å²) in [6.07, 6.45) is 30.8. The highest BCUT2D eigenvalue weighted by molar-refractivity contribution is 7.47. The first-order valence-electron chi connectivity index (χ1n) is 20.4. The minimum absolute atomic E-state index is 0.0463. The number of hydrogen-bond donors (Lipinski definition) is 1. The molecular formula is C41H77NO6P+. The predicted octanol–water partition coefficient (Wildman–Crippen LogP) is 11.4. The van der Waals surface area contributed by atoms with Gasteiger partial charge in [0, 0.05) is 6.61 Å². The van der Waals surface area contributed by atoms with Gasteiger partial charge in [-0.15, -0.1) is 0 Å². The second-order valence-corrected chi connectivity index (χ2v) is 17.2. The van der Waals surface area contributed by atoms with E-state index in [1.807, 2.05) is 30.3 Å². The van der Waals surface area contributed by atoms with Crippen molar-refractivity contribution in [3.63, 3.8) is 0 Å². The van der Waals surface area contributed by atoms with Crippen LogP contribution < -0.4 is 0 Å². The number of phosphoric ester groups is 1. The molecule has 1 aliphatic carbocycles. The Balaban J connectivity index is 1.49. The lowest BCUT2D eigenvalue weighted by molar-refractivity contribution is -0.870. The van der Waals surface area contributed by atoms with Gasteiger partial charge in [0.15, 0.2) is 0 Å². The molecule has 7 nitrogen and oxygen atoms in total. The highest BCUT2D eigenvalue weighted by Crippen LogP contribution is 2.43. The van der Waals surface area contributed by atoms with E-state index in [0.29, 0.717) is 19.8 Å². The summed E-state index contributed by atoms with van der Waals surface area (Å²) >= 11 is 0. The summed E-state index contributed by atoms with van der Waals surface area (Å²) in [5.41, 5.74) is 1.04. The SMILES string of the molecule is C[N+](C)(C)CCCCCCCCCCOP(=O)(O)OCC(COCCCCCCCCCCCCC1CCCCC1)OCc1ccccc1. The van der Waals surface area contributed by atoms with Gasteiger partial charge in [-0.25, -0.2) is 4.57 Å². The van der Waals surface area contributed by atoms with Crippen LogP contribution in [0, 0.1) is 5.92 Å². The van der Waals surface area contributed by atoms with Gasteiger partial charge in [0.25, 0.3) is 0 Å². The Morgan fingerprint density at radius 2 is 1.20 bits per heavy atom. The van der Waals surface area contributed by atoms with Gasteiger partial charge in [-0.3, -0.25) is 9.05 Å². The molecule has 0 amide bonds. The lowest BCUT2D eigenvalue weighted by atomic mass is 9.85. The monoisotopic (exact) mass is 711 g/mol. The molecule has 1 fully saturated rings. The van der Waals surface area contributed by atoms with Crippen LogP contribution in [0.3, 0.4) is 0 Å². The van der Waals surface area contributed by atoms with E-state index in [1.54, 1.807) is 0 Å². The molecule has 2 unspecified atom stereocenters. The second-order valence-electron chi connectivity index (χ2n) is 15.8. The van der Waals surface area contributed by atoms with Crippen molar-refractivity contribution in [3.8, 4) is 0 Å². The number of ether oxygens (including phenoxy) is 2. The molecule has 1 N–H and O–H groups in total. The van der Waals surface area contributed by atoms with Crippen molar-refractivity contribution < 1.29 is 32.5 Å². The van der Waals surface area contributed by atoms with Gasteiger partial charge in [-0.2, -0.15) is 0 Å². The Morgan fingerprint density at radius 1 is 0.673 bits per heavy atom. The minimum Gasteiger partial charge on any atom is -0.379 e. The highest BCUT2D eigenvalue weighted by atomic mass is 31.2. The van der Waals surface area contributed by atoms with Gasteiger partial charge in [-0.1, -0.05) is 159 Å². The van der Waals surface area contributed by atoms with Crippen LogP contribution in [0.1, 0.15) is 160 Å². The first-order valence-corrected chi connectivity index (χ1v) is 21.9. The molecule has 286 valence electrons. The number of phosphoric acid groups is 1. The number of quaternary nitrogens is 1. The Labute approximate surface area is 302 Å². The fourth-order valence-electron chi connectivity index (χ4n) is 6.82. The van der Waals surface area contributed by atoms with Gasteiger partial charge < -0.3 is 18.9 Å². The molecule has 1 aromatic carbocycles. The third-order valence-electron chi connectivity index (χ3n) is 9.91. The zero-order valence-electron chi connectivity index (χ0n) is 32.1. The maximum absolute atomic E-state index is 12.6. The van der Waals surface area contributed by atoms with E-state index in [0.717, 1.165) is 41.6 Å². The number of nitrogens with zero attached hydrogens (tertiary/aromatic N) is 1. The molecule has 1 aliphatic rings. The fourth-order valence-corrected chi connectivity index (χ4v) is 7.61. The Morgan fingerprint density at radius 3 is 1.80 bits per heavy atom. The third kappa shape index (κ3) is 27.5. The van der Waals surface area contributed by atoms with Crippen LogP contribution in [-0.2, 0) is 29.7 Å². The highest BCUT2D eigenvalue weighted by Gasteiger charge is 2.24. The summed E-state index contributed by atoms with van der Waals surface area (Å²) in [5.74, 6) is 1.04. The quantitative estimate of drug-likeness (QED) is 0.0445. The van der Waals surface area contributed by atoms with E-state index in [9.17, 15) is 9.46 Å². The topological polar surface area (TPSA) is 74.2 Å². The van der Waals surface area contributed by atoms with E-state index in [2.05, 4.69) is 21.1 Å². The average molecular weight is 711 g/mol. The van der Waals surface area contributed by atoms with Crippen molar-refractivity contribution in [2.75, 3.05) is 54.1 Å². The summed E-state index contributed by atoms with van der Waals surface area (Å²) in [5, 5.41) is 0. The minimum atomic E-state index is -4.14. The average Bonchev–Trinajstić information content (AvgIpc) is 3.08. The van der Waals surface area contributed by atoms with E-state index in [1.165, 1.54) is 135 Å². The molecule has 0 saturated heterocycles. The van der Waals surface area contributed by atoms with Gasteiger partial charge in [0.2, 0.25) is 0 Å². The van der Waals surface area contributed by atoms with Crippen LogP contribution in [0.4, 0.5) is 0 Å². The number of benzene rings is 1. The van der Waals surface area contributed by atoms with Crippen LogP contribution in [0.15, 0.2) is 30.3 Å². The van der Waals surface area contributed by atoms with Gasteiger partial charge in [0.05, 0.1) is 54.1 Å². The molecule has 0 aliphatic heterocycles. The van der Waals surface area contributed by atoms with E-state index < -0.39 is 13.9 Å². The lowest BCUT2D eigenvalue weighted by Gasteiger charge is -2.23. The molecule has 0 bridgehead atoms. The standard InChI is InChI=1S/C41H76NO6P/c1-42(2,3)33-25-15-11-7-9-13-17-27-35-47-49(43,44)48-38-41(46-36-40-31-23-19-24-32-40)37-45-34-26-16-12-8-5-4-6-10-14-20-28-39-29-21-18-22-30-39/h19,23-24,31-32,39,41H,4-18,20-22,25-30,33-38H2,1-3H3/p+1.